The van der Waals surface area contributed by atoms with Crippen molar-refractivity contribution in [3.63, 3.8) is 0 Å². The van der Waals surface area contributed by atoms with Crippen molar-refractivity contribution in [3.05, 3.63) is 40.2 Å². The van der Waals surface area contributed by atoms with Crippen molar-refractivity contribution < 1.29 is 25.8 Å². The van der Waals surface area contributed by atoms with Crippen molar-refractivity contribution in [1.82, 2.24) is 0 Å². The summed E-state index contributed by atoms with van der Waals surface area (Å²) >= 11 is -1.44. The summed E-state index contributed by atoms with van der Waals surface area (Å²) in [5, 5.41) is 13.6. The van der Waals surface area contributed by atoms with Crippen molar-refractivity contribution in [2.24, 2.45) is 0 Å². The first kappa shape index (κ1) is 44.7. The average Bonchev–Trinajstić information content (AvgIpc) is 2.89. The molecule has 3 nitrogen and oxygen atoms in total. The van der Waals surface area contributed by atoms with Crippen LogP contribution in [-0.2, 0) is 25.8 Å². The second-order valence-electron chi connectivity index (χ2n) is 16.8. The van der Waals surface area contributed by atoms with Gasteiger partial charge in [-0.15, -0.1) is 33.2 Å². The van der Waals surface area contributed by atoms with Gasteiger partial charge in [0.2, 0.25) is 0 Å². The molecular weight excluding hydrogens is 677 g/mol. The van der Waals surface area contributed by atoms with Gasteiger partial charge in [0.05, 0.1) is 0 Å². The van der Waals surface area contributed by atoms with Crippen LogP contribution in [0.15, 0.2) is 24.3 Å². The molecule has 5 heteroatoms. The number of hydrogen-bond acceptors (Lipinski definition) is 0. The average molecular weight is 745 g/mol. The number of nitrogens with zero attached hydrogens (tertiary/aromatic N) is 3. The van der Waals surface area contributed by atoms with E-state index >= 15 is 0 Å². The second kappa shape index (κ2) is 16.8. The molecule has 218 valence electrons. The molecule has 0 aromatic heterocycles. The number of rotatable bonds is 1. The van der Waals surface area contributed by atoms with Gasteiger partial charge in [0.15, 0.2) is 0 Å². The molecule has 1 aromatic carbocycles. The van der Waals surface area contributed by atoms with Gasteiger partial charge in [-0.05, 0) is 0 Å². The molecule has 0 spiro atoms. The Morgan fingerprint density at radius 2 is 0.568 bits per heavy atom. The third kappa shape index (κ3) is 43.9. The fourth-order valence-corrected chi connectivity index (χ4v) is 6.39. The van der Waals surface area contributed by atoms with E-state index in [0.717, 1.165) is 0 Å². The summed E-state index contributed by atoms with van der Waals surface area (Å²) in [5.41, 5.74) is 0.656. The topological polar surface area (TPSA) is 42.3 Å². The fraction of sp³-hybridized carbons (Fsp3) is 0.844. The zero-order chi connectivity index (χ0) is 30.0. The summed E-state index contributed by atoms with van der Waals surface area (Å²) in [6, 6.07) is 8.76. The Morgan fingerprint density at radius 1 is 0.405 bits per heavy atom. The first-order valence-corrected chi connectivity index (χ1v) is 21.0. The van der Waals surface area contributed by atoms with Crippen LogP contribution in [0.2, 0.25) is 17.3 Å². The molecule has 0 heterocycles. The third-order valence-corrected chi connectivity index (χ3v) is 7.87. The van der Waals surface area contributed by atoms with Crippen LogP contribution >= 0.6 is 0 Å². The zero-order valence-corrected chi connectivity index (χ0v) is 34.8. The minimum atomic E-state index is -1.44. The van der Waals surface area contributed by atoms with Crippen LogP contribution in [-0.4, -0.2) is 46.5 Å². The van der Waals surface area contributed by atoms with Gasteiger partial charge in [-0.2, -0.15) is 0 Å². The van der Waals surface area contributed by atoms with Gasteiger partial charge in [0.1, 0.15) is 0 Å². The molecule has 0 aliphatic rings. The minimum Gasteiger partial charge on any atom is 4.00 e. The van der Waals surface area contributed by atoms with Crippen molar-refractivity contribution in [3.8, 4) is 0 Å². The SMILES string of the molecule is CC(C)(C)[N-]C(C)(C)C.CC(C)(C)[N-]C(C)(C)C.CC(C)(C)[N-]C(C)(C)C.[CH3][Ge]([CH3])([CH3])[c-]1cccc1.[Hf+4]. The van der Waals surface area contributed by atoms with E-state index in [0.29, 0.717) is 0 Å². The largest absolute Gasteiger partial charge is 4.00 e. The van der Waals surface area contributed by atoms with Crippen LogP contribution in [0.25, 0.3) is 16.0 Å². The monoisotopic (exact) mass is 747 g/mol. The van der Waals surface area contributed by atoms with Crippen LogP contribution in [0.4, 0.5) is 0 Å². The maximum atomic E-state index is 4.54. The summed E-state index contributed by atoms with van der Waals surface area (Å²) in [7, 11) is 0. The Balaban J connectivity index is -0.000000194. The first-order valence-electron chi connectivity index (χ1n) is 13.7. The van der Waals surface area contributed by atoms with Crippen molar-refractivity contribution in [2.45, 2.75) is 175 Å². The van der Waals surface area contributed by atoms with E-state index in [-0.39, 0.29) is 59.1 Å². The molecule has 0 N–H and O–H groups in total. The van der Waals surface area contributed by atoms with E-state index in [1.807, 2.05) is 0 Å². The van der Waals surface area contributed by atoms with Gasteiger partial charge < -0.3 is 16.0 Å². The third-order valence-electron chi connectivity index (χ3n) is 3.54. The quantitative estimate of drug-likeness (QED) is 0.203. The van der Waals surface area contributed by atoms with Gasteiger partial charge in [-0.1, -0.05) is 125 Å². The standard InChI is InChI=1S/C8H13Ge.3C8H18N.Hf/c1-9(2,3)8-6-4-5-7-8;3*1-7(2,3)9-8(4,5)6;/h4-7H,1-3H3;3*1-6H3;/q4*-1;+4. The molecule has 0 saturated heterocycles. The molecule has 1 aromatic rings. The Morgan fingerprint density at radius 3 is 0.622 bits per heavy atom. The van der Waals surface area contributed by atoms with E-state index in [1.165, 1.54) is 0 Å². The Labute approximate surface area is 257 Å². The summed E-state index contributed by atoms with van der Waals surface area (Å²) in [6.07, 6.45) is 0. The van der Waals surface area contributed by atoms with Crippen LogP contribution in [0.3, 0.4) is 0 Å². The van der Waals surface area contributed by atoms with E-state index in [9.17, 15) is 0 Å². The fourth-order valence-electron chi connectivity index (χ4n) is 3.89. The molecule has 0 atom stereocenters. The molecule has 0 radical (unpaired) electrons. The predicted octanol–water partition coefficient (Wildman–Crippen LogP) is 10.8. The summed E-state index contributed by atoms with van der Waals surface area (Å²) in [4.78, 5) is 0. The molecule has 0 bridgehead atoms. The van der Waals surface area contributed by atoms with E-state index < -0.39 is 13.3 Å². The Bertz CT molecular complexity index is 563. The van der Waals surface area contributed by atoms with E-state index in [4.69, 9.17) is 0 Å². The van der Waals surface area contributed by atoms with Gasteiger partial charge in [0.25, 0.3) is 0 Å². The van der Waals surface area contributed by atoms with Gasteiger partial charge in [-0.25, -0.2) is 0 Å². The summed E-state index contributed by atoms with van der Waals surface area (Å²) in [6.45, 7) is 38.2. The first-order chi connectivity index (χ1) is 15.2. The molecular formula is C32H67GeHfN3. The van der Waals surface area contributed by atoms with E-state index in [1.54, 1.807) is 4.40 Å². The summed E-state index contributed by atoms with van der Waals surface area (Å²) in [5.74, 6) is 7.24. The number of hydrogen-bond donors (Lipinski definition) is 0. The normalized spacial score (nSPS) is 13.1. The summed E-state index contributed by atoms with van der Waals surface area (Å²) < 4.78 is 1.61. The zero-order valence-electron chi connectivity index (χ0n) is 29.2. The van der Waals surface area contributed by atoms with Crippen molar-refractivity contribution in [1.29, 1.82) is 0 Å². The van der Waals surface area contributed by atoms with Crippen molar-refractivity contribution >= 4 is 17.7 Å². The second-order valence-corrected chi connectivity index (χ2v) is 27.4. The van der Waals surface area contributed by atoms with Gasteiger partial charge in [0, 0.05) is 0 Å². The molecule has 0 fully saturated rings. The maximum absolute atomic E-state index is 4.54. The molecule has 1 rings (SSSR count). The van der Waals surface area contributed by atoms with Gasteiger partial charge >= 0.3 is 85.0 Å². The smallest absolute Gasteiger partial charge is 4.00 e. The van der Waals surface area contributed by atoms with Crippen LogP contribution < -0.4 is 4.40 Å². The molecule has 0 aliphatic heterocycles. The predicted molar refractivity (Wildman–Crippen MR) is 174 cm³/mol. The molecule has 0 saturated carbocycles. The van der Waals surface area contributed by atoms with E-state index in [2.05, 4.69) is 182 Å². The maximum Gasteiger partial charge on any atom is 4.00 e. The van der Waals surface area contributed by atoms with Crippen LogP contribution in [0.1, 0.15) is 125 Å². The Kier molecular flexibility index (Phi) is 20.3. The van der Waals surface area contributed by atoms with Crippen LogP contribution in [0, 0.1) is 0 Å². The molecule has 0 amide bonds. The Hall–Kier alpha value is 0.643. The minimum absolute atomic E-state index is 0. The molecule has 37 heavy (non-hydrogen) atoms. The molecule has 0 aliphatic carbocycles. The van der Waals surface area contributed by atoms with Gasteiger partial charge in [-0.3, -0.25) is 0 Å². The van der Waals surface area contributed by atoms with Crippen LogP contribution in [0.5, 0.6) is 0 Å². The van der Waals surface area contributed by atoms with Crippen molar-refractivity contribution in [2.75, 3.05) is 0 Å². The molecule has 0 unspecified atom stereocenters.